The maximum atomic E-state index is 13.0. The molecule has 1 N–H and O–H groups in total. The van der Waals surface area contributed by atoms with Gasteiger partial charge in [-0.25, -0.2) is 4.98 Å². The van der Waals surface area contributed by atoms with E-state index in [9.17, 15) is 9.90 Å². The van der Waals surface area contributed by atoms with Crippen LogP contribution >= 0.6 is 0 Å². The molecule has 0 unspecified atom stereocenters. The molecule has 0 aliphatic rings. The Morgan fingerprint density at radius 1 is 1.06 bits per heavy atom. The van der Waals surface area contributed by atoms with Crippen LogP contribution in [0.2, 0.25) is 0 Å². The molecule has 0 fully saturated rings. The summed E-state index contributed by atoms with van der Waals surface area (Å²) in [7, 11) is 0. The third kappa shape index (κ3) is 6.36. The molecule has 2 heterocycles. The molecular formula is C25H29N3O3. The van der Waals surface area contributed by atoms with Gasteiger partial charge in [0.1, 0.15) is 5.75 Å². The summed E-state index contributed by atoms with van der Waals surface area (Å²) in [4.78, 5) is 23.1. The molecule has 6 heteroatoms. The number of amides is 1. The van der Waals surface area contributed by atoms with E-state index in [1.54, 1.807) is 29.4 Å². The average molecular weight is 420 g/mol. The Morgan fingerprint density at radius 2 is 1.84 bits per heavy atom. The van der Waals surface area contributed by atoms with Crippen LogP contribution in [0.15, 0.2) is 67.1 Å². The zero-order valence-electron chi connectivity index (χ0n) is 18.3. The van der Waals surface area contributed by atoms with Crippen LogP contribution in [0.1, 0.15) is 48.7 Å². The topological polar surface area (TPSA) is 75.5 Å². The molecule has 0 atom stereocenters. The molecule has 1 aromatic carbocycles. The molecule has 0 radical (unpaired) electrons. The summed E-state index contributed by atoms with van der Waals surface area (Å²) in [6.07, 6.45) is 5.46. The van der Waals surface area contributed by atoms with Crippen molar-refractivity contribution in [2.45, 2.75) is 39.2 Å². The molecular weight excluding hydrogens is 390 g/mol. The number of aromatic nitrogens is 2. The molecule has 2 aromatic heterocycles. The van der Waals surface area contributed by atoms with Crippen molar-refractivity contribution >= 4 is 5.91 Å². The van der Waals surface area contributed by atoms with Crippen LogP contribution in [-0.2, 0) is 12.0 Å². The SMILES string of the molecule is CC(C)(C)c1ccc(Oc2ccc(C(=O)N(CCCO)Cc3cccnc3)cn2)cc1. The van der Waals surface area contributed by atoms with Crippen molar-refractivity contribution in [3.8, 4) is 11.6 Å². The summed E-state index contributed by atoms with van der Waals surface area (Å²) < 4.78 is 5.82. The summed E-state index contributed by atoms with van der Waals surface area (Å²) in [6, 6.07) is 15.1. The fourth-order valence-corrected chi connectivity index (χ4v) is 3.12. The largest absolute Gasteiger partial charge is 0.439 e. The van der Waals surface area contributed by atoms with Gasteiger partial charge in [-0.1, -0.05) is 39.0 Å². The lowest BCUT2D eigenvalue weighted by atomic mass is 9.87. The highest BCUT2D eigenvalue weighted by atomic mass is 16.5. The number of nitrogens with zero attached hydrogens (tertiary/aromatic N) is 3. The number of carbonyl (C=O) groups excluding carboxylic acids is 1. The minimum absolute atomic E-state index is 0.0237. The first-order chi connectivity index (χ1) is 14.9. The van der Waals surface area contributed by atoms with Gasteiger partial charge in [0, 0.05) is 44.4 Å². The third-order valence-corrected chi connectivity index (χ3v) is 4.90. The van der Waals surface area contributed by atoms with E-state index in [0.29, 0.717) is 36.7 Å². The first-order valence-corrected chi connectivity index (χ1v) is 10.4. The molecule has 0 aliphatic heterocycles. The van der Waals surface area contributed by atoms with Crippen molar-refractivity contribution in [3.63, 3.8) is 0 Å². The van der Waals surface area contributed by atoms with Crippen molar-refractivity contribution < 1.29 is 14.6 Å². The van der Waals surface area contributed by atoms with Crippen LogP contribution in [0.25, 0.3) is 0 Å². The van der Waals surface area contributed by atoms with E-state index in [2.05, 4.69) is 30.7 Å². The number of ether oxygens (including phenoxy) is 1. The van der Waals surface area contributed by atoms with Crippen molar-refractivity contribution in [1.82, 2.24) is 14.9 Å². The van der Waals surface area contributed by atoms with Gasteiger partial charge in [-0.2, -0.15) is 0 Å². The van der Waals surface area contributed by atoms with Crippen LogP contribution in [-0.4, -0.2) is 39.0 Å². The van der Waals surface area contributed by atoms with Crippen molar-refractivity contribution in [3.05, 3.63) is 83.8 Å². The highest BCUT2D eigenvalue weighted by Gasteiger charge is 2.17. The van der Waals surface area contributed by atoms with Gasteiger partial charge in [0.05, 0.1) is 5.56 Å². The second kappa shape index (κ2) is 10.2. The van der Waals surface area contributed by atoms with Gasteiger partial charge in [0.25, 0.3) is 5.91 Å². The molecule has 1 amide bonds. The van der Waals surface area contributed by atoms with E-state index in [-0.39, 0.29) is 17.9 Å². The zero-order valence-corrected chi connectivity index (χ0v) is 18.3. The van der Waals surface area contributed by atoms with Gasteiger partial charge in [-0.15, -0.1) is 0 Å². The van der Waals surface area contributed by atoms with Crippen molar-refractivity contribution in [2.75, 3.05) is 13.2 Å². The Bertz CT molecular complexity index is 966. The van der Waals surface area contributed by atoms with Gasteiger partial charge in [0.2, 0.25) is 5.88 Å². The first kappa shape index (κ1) is 22.4. The fourth-order valence-electron chi connectivity index (χ4n) is 3.12. The van der Waals surface area contributed by atoms with Crippen LogP contribution in [0.4, 0.5) is 0 Å². The highest BCUT2D eigenvalue weighted by Crippen LogP contribution is 2.26. The van der Waals surface area contributed by atoms with E-state index in [4.69, 9.17) is 4.74 Å². The average Bonchev–Trinajstić information content (AvgIpc) is 2.77. The molecule has 6 nitrogen and oxygen atoms in total. The number of rotatable bonds is 8. The second-order valence-corrected chi connectivity index (χ2v) is 8.43. The van der Waals surface area contributed by atoms with E-state index < -0.39 is 0 Å². The maximum absolute atomic E-state index is 13.0. The van der Waals surface area contributed by atoms with Gasteiger partial charge in [0.15, 0.2) is 0 Å². The van der Waals surface area contributed by atoms with E-state index in [1.807, 2.05) is 36.4 Å². The smallest absolute Gasteiger partial charge is 0.255 e. The van der Waals surface area contributed by atoms with Gasteiger partial charge < -0.3 is 14.7 Å². The summed E-state index contributed by atoms with van der Waals surface area (Å²) >= 11 is 0. The minimum atomic E-state index is -0.147. The summed E-state index contributed by atoms with van der Waals surface area (Å²) in [5, 5.41) is 9.19. The molecule has 31 heavy (non-hydrogen) atoms. The summed E-state index contributed by atoms with van der Waals surface area (Å²) in [5.41, 5.74) is 2.71. The second-order valence-electron chi connectivity index (χ2n) is 8.43. The quantitative estimate of drug-likeness (QED) is 0.578. The predicted molar refractivity (Wildman–Crippen MR) is 120 cm³/mol. The molecule has 0 aliphatic carbocycles. The lowest BCUT2D eigenvalue weighted by molar-refractivity contribution is 0.0731. The Balaban J connectivity index is 1.68. The van der Waals surface area contributed by atoms with Crippen molar-refractivity contribution in [2.24, 2.45) is 0 Å². The molecule has 0 saturated carbocycles. The lowest BCUT2D eigenvalue weighted by Gasteiger charge is -2.22. The number of benzene rings is 1. The van der Waals surface area contributed by atoms with Gasteiger partial charge >= 0.3 is 0 Å². The Hall–Kier alpha value is -3.25. The van der Waals surface area contributed by atoms with Gasteiger partial charge in [-0.05, 0) is 47.2 Å². The minimum Gasteiger partial charge on any atom is -0.439 e. The van der Waals surface area contributed by atoms with Crippen LogP contribution in [0.5, 0.6) is 11.6 Å². The summed E-state index contributed by atoms with van der Waals surface area (Å²) in [6.45, 7) is 7.39. The molecule has 0 saturated heterocycles. The third-order valence-electron chi connectivity index (χ3n) is 4.90. The molecule has 3 aromatic rings. The molecule has 162 valence electrons. The molecule has 3 rings (SSSR count). The lowest BCUT2D eigenvalue weighted by Crippen LogP contribution is -2.32. The molecule has 0 spiro atoms. The fraction of sp³-hybridized carbons (Fsp3) is 0.320. The van der Waals surface area contributed by atoms with Crippen LogP contribution < -0.4 is 4.74 Å². The van der Waals surface area contributed by atoms with Gasteiger partial charge in [-0.3, -0.25) is 9.78 Å². The number of carbonyl (C=O) groups is 1. The molecule has 0 bridgehead atoms. The monoisotopic (exact) mass is 419 g/mol. The van der Waals surface area contributed by atoms with E-state index in [1.165, 1.54) is 11.8 Å². The Labute approximate surface area is 183 Å². The predicted octanol–water partition coefficient (Wildman–Crippen LogP) is 4.59. The zero-order chi connectivity index (χ0) is 22.3. The highest BCUT2D eigenvalue weighted by molar-refractivity contribution is 5.94. The number of hydrogen-bond acceptors (Lipinski definition) is 5. The standard InChI is InChI=1S/C25H29N3O3/c1-25(2,3)21-8-10-22(11-9-21)31-23-12-7-20(17-27-23)24(30)28(14-5-15-29)18-19-6-4-13-26-16-19/h4,6-13,16-17,29H,5,14-15,18H2,1-3H3. The maximum Gasteiger partial charge on any atom is 0.255 e. The van der Waals surface area contributed by atoms with Crippen LogP contribution in [0, 0.1) is 0 Å². The van der Waals surface area contributed by atoms with Crippen molar-refractivity contribution in [1.29, 1.82) is 0 Å². The first-order valence-electron chi connectivity index (χ1n) is 10.4. The number of aliphatic hydroxyl groups is 1. The van der Waals surface area contributed by atoms with E-state index in [0.717, 1.165) is 5.56 Å². The summed E-state index contributed by atoms with van der Waals surface area (Å²) in [5.74, 6) is 0.973. The Morgan fingerprint density at radius 3 is 2.42 bits per heavy atom. The Kier molecular flexibility index (Phi) is 7.36. The van der Waals surface area contributed by atoms with E-state index >= 15 is 0 Å². The van der Waals surface area contributed by atoms with Crippen LogP contribution in [0.3, 0.4) is 0 Å². The number of hydrogen-bond donors (Lipinski definition) is 1. The number of aliphatic hydroxyl groups excluding tert-OH is 1. The number of pyridine rings is 2. The normalized spacial score (nSPS) is 11.2.